The van der Waals surface area contributed by atoms with E-state index in [-0.39, 0.29) is 29.7 Å². The topological polar surface area (TPSA) is 105 Å². The van der Waals surface area contributed by atoms with Crippen molar-refractivity contribution >= 4 is 15.9 Å². The number of aliphatic hydroxyl groups is 1. The van der Waals surface area contributed by atoms with E-state index < -0.39 is 39.7 Å². The number of halogens is 2. The lowest BCUT2D eigenvalue weighted by molar-refractivity contribution is -0.0891. The second-order valence-electron chi connectivity index (χ2n) is 7.29. The van der Waals surface area contributed by atoms with Gasteiger partial charge in [0.15, 0.2) is 0 Å². The summed E-state index contributed by atoms with van der Waals surface area (Å²) in [6.45, 7) is -0.227. The first-order chi connectivity index (χ1) is 14.8. The average Bonchev–Trinajstić information content (AvgIpc) is 2.74. The van der Waals surface area contributed by atoms with Gasteiger partial charge in [0.1, 0.15) is 17.7 Å². The Morgan fingerprint density at radius 1 is 1.10 bits per heavy atom. The number of hydrogen-bond acceptors (Lipinski definition) is 5. The van der Waals surface area contributed by atoms with E-state index in [0.29, 0.717) is 19.3 Å². The monoisotopic (exact) mass is 454 g/mol. The van der Waals surface area contributed by atoms with Crippen molar-refractivity contribution in [1.82, 2.24) is 10.0 Å². The summed E-state index contributed by atoms with van der Waals surface area (Å²) in [6, 6.07) is 9.36. The SMILES string of the molecule is O=C(N[C@@H]1CC[C@@H](CCNS(=O)(=O)c2ccc(F)cc2)O[C@@H]1CO)c1cccc(F)c1. The van der Waals surface area contributed by atoms with Crippen LogP contribution in [0.5, 0.6) is 0 Å². The molecule has 31 heavy (non-hydrogen) atoms. The minimum absolute atomic E-state index is 0.0353. The highest BCUT2D eigenvalue weighted by atomic mass is 32.2. The van der Waals surface area contributed by atoms with Gasteiger partial charge in [0.2, 0.25) is 10.0 Å². The molecule has 2 aromatic rings. The van der Waals surface area contributed by atoms with Crippen LogP contribution in [0.4, 0.5) is 8.78 Å². The summed E-state index contributed by atoms with van der Waals surface area (Å²) in [5.74, 6) is -1.50. The molecule has 0 spiro atoms. The van der Waals surface area contributed by atoms with E-state index in [2.05, 4.69) is 10.0 Å². The number of amides is 1. The molecule has 10 heteroatoms. The maximum Gasteiger partial charge on any atom is 0.251 e. The molecule has 0 saturated carbocycles. The lowest BCUT2D eigenvalue weighted by Gasteiger charge is -2.36. The zero-order valence-corrected chi connectivity index (χ0v) is 17.4. The molecule has 0 aliphatic carbocycles. The zero-order chi connectivity index (χ0) is 22.4. The maximum absolute atomic E-state index is 13.3. The second kappa shape index (κ2) is 10.3. The average molecular weight is 454 g/mol. The molecule has 1 heterocycles. The van der Waals surface area contributed by atoms with Crippen LogP contribution in [0.15, 0.2) is 53.4 Å². The molecule has 1 aliphatic rings. The van der Waals surface area contributed by atoms with Crippen LogP contribution in [0.2, 0.25) is 0 Å². The van der Waals surface area contributed by atoms with E-state index >= 15 is 0 Å². The van der Waals surface area contributed by atoms with Gasteiger partial charge < -0.3 is 15.2 Å². The summed E-state index contributed by atoms with van der Waals surface area (Å²) >= 11 is 0. The molecule has 168 valence electrons. The third kappa shape index (κ3) is 6.30. The fraction of sp³-hybridized carbons (Fsp3) is 0.381. The minimum atomic E-state index is -3.77. The molecule has 0 radical (unpaired) electrons. The van der Waals surface area contributed by atoms with Crippen molar-refractivity contribution in [1.29, 1.82) is 0 Å². The standard InChI is InChI=1S/C21H24F2N2O5S/c22-15-4-7-18(8-5-15)31(28,29)24-11-10-17-6-9-19(20(13-26)30-17)25-21(27)14-2-1-3-16(23)12-14/h1-5,7-8,12,17,19-20,24,26H,6,9-11,13H2,(H,25,27)/t17-,19+,20+/m0/s1. The molecule has 0 aromatic heterocycles. The first-order valence-corrected chi connectivity index (χ1v) is 11.3. The van der Waals surface area contributed by atoms with Crippen LogP contribution in [0, 0.1) is 11.6 Å². The Kier molecular flexibility index (Phi) is 7.71. The van der Waals surface area contributed by atoms with E-state index in [9.17, 15) is 27.1 Å². The van der Waals surface area contributed by atoms with Crippen molar-refractivity contribution in [3.05, 3.63) is 65.7 Å². The van der Waals surface area contributed by atoms with Crippen LogP contribution in [-0.4, -0.2) is 50.8 Å². The third-order valence-corrected chi connectivity index (χ3v) is 6.56. The van der Waals surface area contributed by atoms with Crippen molar-refractivity contribution < 1.29 is 31.8 Å². The molecular formula is C21H24F2N2O5S. The summed E-state index contributed by atoms with van der Waals surface area (Å²) in [4.78, 5) is 12.3. The largest absolute Gasteiger partial charge is 0.394 e. The van der Waals surface area contributed by atoms with E-state index in [1.807, 2.05) is 0 Å². The molecule has 1 amide bonds. The van der Waals surface area contributed by atoms with Crippen LogP contribution < -0.4 is 10.0 Å². The number of aliphatic hydroxyl groups excluding tert-OH is 1. The number of carbonyl (C=O) groups is 1. The number of rotatable bonds is 8. The Morgan fingerprint density at radius 3 is 2.52 bits per heavy atom. The van der Waals surface area contributed by atoms with Crippen molar-refractivity contribution in [2.75, 3.05) is 13.2 Å². The van der Waals surface area contributed by atoms with Gasteiger partial charge in [0.25, 0.3) is 5.91 Å². The fourth-order valence-electron chi connectivity index (χ4n) is 3.44. The quantitative estimate of drug-likeness (QED) is 0.566. The highest BCUT2D eigenvalue weighted by Gasteiger charge is 2.32. The van der Waals surface area contributed by atoms with Gasteiger partial charge in [-0.3, -0.25) is 4.79 Å². The zero-order valence-electron chi connectivity index (χ0n) is 16.6. The molecule has 3 N–H and O–H groups in total. The number of carbonyl (C=O) groups excluding carboxylic acids is 1. The van der Waals surface area contributed by atoms with E-state index in [1.165, 1.54) is 30.3 Å². The van der Waals surface area contributed by atoms with Crippen molar-refractivity contribution in [3.63, 3.8) is 0 Å². The molecule has 0 unspecified atom stereocenters. The van der Waals surface area contributed by atoms with Gasteiger partial charge in [-0.15, -0.1) is 0 Å². The van der Waals surface area contributed by atoms with Gasteiger partial charge in [-0.1, -0.05) is 6.07 Å². The number of benzene rings is 2. The van der Waals surface area contributed by atoms with Crippen LogP contribution >= 0.6 is 0 Å². The van der Waals surface area contributed by atoms with Gasteiger partial charge in [0, 0.05) is 12.1 Å². The van der Waals surface area contributed by atoms with Gasteiger partial charge in [-0.05, 0) is 61.7 Å². The number of hydrogen-bond donors (Lipinski definition) is 3. The minimum Gasteiger partial charge on any atom is -0.394 e. The third-order valence-electron chi connectivity index (χ3n) is 5.08. The summed E-state index contributed by atoms with van der Waals surface area (Å²) in [7, 11) is -3.77. The predicted molar refractivity (Wildman–Crippen MR) is 109 cm³/mol. The van der Waals surface area contributed by atoms with E-state index in [0.717, 1.165) is 18.2 Å². The van der Waals surface area contributed by atoms with Crippen LogP contribution in [-0.2, 0) is 14.8 Å². The number of ether oxygens (including phenoxy) is 1. The first kappa shape index (κ1) is 23.3. The van der Waals surface area contributed by atoms with Crippen LogP contribution in [0.1, 0.15) is 29.6 Å². The molecule has 3 rings (SSSR count). The maximum atomic E-state index is 13.3. The Hall–Kier alpha value is -2.40. The molecular weight excluding hydrogens is 430 g/mol. The van der Waals surface area contributed by atoms with Crippen molar-refractivity contribution in [2.24, 2.45) is 0 Å². The smallest absolute Gasteiger partial charge is 0.251 e. The number of nitrogens with one attached hydrogen (secondary N) is 2. The fourth-order valence-corrected chi connectivity index (χ4v) is 4.49. The molecule has 3 atom stereocenters. The van der Waals surface area contributed by atoms with E-state index in [4.69, 9.17) is 4.74 Å². The first-order valence-electron chi connectivity index (χ1n) is 9.86. The van der Waals surface area contributed by atoms with Crippen LogP contribution in [0.25, 0.3) is 0 Å². The summed E-state index contributed by atoms with van der Waals surface area (Å²) < 4.78 is 59.1. The van der Waals surface area contributed by atoms with Gasteiger partial charge in [0.05, 0.1) is 23.6 Å². The summed E-state index contributed by atoms with van der Waals surface area (Å²) in [6.07, 6.45) is 0.451. The Morgan fingerprint density at radius 2 is 1.84 bits per heavy atom. The highest BCUT2D eigenvalue weighted by Crippen LogP contribution is 2.22. The van der Waals surface area contributed by atoms with Gasteiger partial charge in [-0.25, -0.2) is 21.9 Å². The molecule has 2 aromatic carbocycles. The Bertz CT molecular complexity index is 1000. The summed E-state index contributed by atoms with van der Waals surface area (Å²) in [5, 5.41) is 12.4. The van der Waals surface area contributed by atoms with E-state index in [1.54, 1.807) is 0 Å². The molecule has 7 nitrogen and oxygen atoms in total. The van der Waals surface area contributed by atoms with Gasteiger partial charge >= 0.3 is 0 Å². The van der Waals surface area contributed by atoms with Gasteiger partial charge in [-0.2, -0.15) is 0 Å². The van der Waals surface area contributed by atoms with Crippen molar-refractivity contribution in [3.8, 4) is 0 Å². The molecule has 1 aliphatic heterocycles. The predicted octanol–water partition coefficient (Wildman–Crippen LogP) is 1.97. The summed E-state index contributed by atoms with van der Waals surface area (Å²) in [5.41, 5.74) is 0.175. The lowest BCUT2D eigenvalue weighted by atomic mass is 9.97. The Balaban J connectivity index is 1.50. The number of sulfonamides is 1. The van der Waals surface area contributed by atoms with Crippen molar-refractivity contribution in [2.45, 2.75) is 42.4 Å². The lowest BCUT2D eigenvalue weighted by Crippen LogP contribution is -2.51. The normalized spacial score (nSPS) is 21.6. The molecule has 1 saturated heterocycles. The molecule has 1 fully saturated rings. The Labute approximate surface area is 179 Å². The highest BCUT2D eigenvalue weighted by molar-refractivity contribution is 7.89. The molecule has 0 bridgehead atoms. The second-order valence-corrected chi connectivity index (χ2v) is 9.05. The van der Waals surface area contributed by atoms with Crippen LogP contribution in [0.3, 0.4) is 0 Å².